The van der Waals surface area contributed by atoms with Crippen molar-refractivity contribution in [1.82, 2.24) is 4.98 Å². The SMILES string of the molecule is CCC1CCCN1c1cc(/C(N)=N/O)cc(C)n1. The van der Waals surface area contributed by atoms with E-state index in [2.05, 4.69) is 22.0 Å². The number of oxime groups is 1. The van der Waals surface area contributed by atoms with Crippen molar-refractivity contribution in [3.05, 3.63) is 23.4 Å². The first-order valence-corrected chi connectivity index (χ1v) is 6.39. The lowest BCUT2D eigenvalue weighted by Crippen LogP contribution is -2.29. The number of hydrogen-bond acceptors (Lipinski definition) is 4. The quantitative estimate of drug-likeness (QED) is 0.370. The average Bonchev–Trinajstić information content (AvgIpc) is 2.85. The Hall–Kier alpha value is -1.78. The predicted octanol–water partition coefficient (Wildman–Crippen LogP) is 1.86. The fourth-order valence-corrected chi connectivity index (χ4v) is 2.57. The van der Waals surface area contributed by atoms with Crippen LogP contribution in [0.4, 0.5) is 5.82 Å². The summed E-state index contributed by atoms with van der Waals surface area (Å²) in [6, 6.07) is 4.28. The van der Waals surface area contributed by atoms with E-state index >= 15 is 0 Å². The van der Waals surface area contributed by atoms with Gasteiger partial charge < -0.3 is 15.8 Å². The largest absolute Gasteiger partial charge is 0.409 e. The first kappa shape index (κ1) is 12.7. The van der Waals surface area contributed by atoms with Crippen LogP contribution in [0.25, 0.3) is 0 Å². The van der Waals surface area contributed by atoms with Crippen molar-refractivity contribution in [2.75, 3.05) is 11.4 Å². The number of pyridine rings is 1. The van der Waals surface area contributed by atoms with E-state index in [-0.39, 0.29) is 5.84 Å². The van der Waals surface area contributed by atoms with E-state index in [1.807, 2.05) is 19.1 Å². The smallest absolute Gasteiger partial charge is 0.170 e. The number of nitrogens with two attached hydrogens (primary N) is 1. The molecule has 0 bridgehead atoms. The summed E-state index contributed by atoms with van der Waals surface area (Å²) >= 11 is 0. The average molecular weight is 248 g/mol. The Balaban J connectivity index is 2.36. The lowest BCUT2D eigenvalue weighted by molar-refractivity contribution is 0.318. The van der Waals surface area contributed by atoms with Crippen LogP contribution in [0.2, 0.25) is 0 Å². The van der Waals surface area contributed by atoms with Crippen LogP contribution in [0, 0.1) is 6.92 Å². The maximum Gasteiger partial charge on any atom is 0.170 e. The Bertz CT molecular complexity index is 458. The second-order valence-electron chi connectivity index (χ2n) is 4.74. The Kier molecular flexibility index (Phi) is 3.69. The van der Waals surface area contributed by atoms with Crippen LogP contribution in [0.1, 0.15) is 37.4 Å². The van der Waals surface area contributed by atoms with Gasteiger partial charge in [0.05, 0.1) is 0 Å². The number of aryl methyl sites for hydroxylation is 1. The maximum atomic E-state index is 8.76. The zero-order valence-corrected chi connectivity index (χ0v) is 10.9. The van der Waals surface area contributed by atoms with Gasteiger partial charge in [-0.15, -0.1) is 0 Å². The van der Waals surface area contributed by atoms with Crippen LogP contribution in [0.15, 0.2) is 17.3 Å². The van der Waals surface area contributed by atoms with Crippen molar-refractivity contribution in [2.24, 2.45) is 10.9 Å². The minimum absolute atomic E-state index is 0.133. The molecule has 98 valence electrons. The summed E-state index contributed by atoms with van der Waals surface area (Å²) < 4.78 is 0. The maximum absolute atomic E-state index is 8.76. The van der Waals surface area contributed by atoms with Gasteiger partial charge in [0.2, 0.25) is 0 Å². The highest BCUT2D eigenvalue weighted by Gasteiger charge is 2.24. The Morgan fingerprint density at radius 1 is 1.61 bits per heavy atom. The highest BCUT2D eigenvalue weighted by Crippen LogP contribution is 2.26. The second-order valence-corrected chi connectivity index (χ2v) is 4.74. The fraction of sp³-hybridized carbons (Fsp3) is 0.538. The molecule has 0 spiro atoms. The Morgan fingerprint density at radius 3 is 3.06 bits per heavy atom. The summed E-state index contributed by atoms with van der Waals surface area (Å²) in [6.45, 7) is 5.16. The van der Waals surface area contributed by atoms with Crippen LogP contribution in [0.3, 0.4) is 0 Å². The molecule has 5 nitrogen and oxygen atoms in total. The lowest BCUT2D eigenvalue weighted by Gasteiger charge is -2.25. The van der Waals surface area contributed by atoms with Gasteiger partial charge in [0.1, 0.15) is 5.82 Å². The Morgan fingerprint density at radius 2 is 2.39 bits per heavy atom. The summed E-state index contributed by atoms with van der Waals surface area (Å²) in [4.78, 5) is 6.89. The van der Waals surface area contributed by atoms with E-state index in [1.165, 1.54) is 12.8 Å². The minimum Gasteiger partial charge on any atom is -0.409 e. The molecule has 0 saturated carbocycles. The van der Waals surface area contributed by atoms with Crippen molar-refractivity contribution in [3.63, 3.8) is 0 Å². The van der Waals surface area contributed by atoms with E-state index < -0.39 is 0 Å². The molecule has 2 heterocycles. The molecule has 0 aliphatic carbocycles. The van der Waals surface area contributed by atoms with Crippen molar-refractivity contribution < 1.29 is 5.21 Å². The third kappa shape index (κ3) is 2.39. The number of amidine groups is 1. The summed E-state index contributed by atoms with van der Waals surface area (Å²) in [5.41, 5.74) is 7.26. The van der Waals surface area contributed by atoms with Crippen LogP contribution in [-0.4, -0.2) is 28.6 Å². The van der Waals surface area contributed by atoms with E-state index in [9.17, 15) is 0 Å². The van der Waals surface area contributed by atoms with E-state index in [0.717, 1.165) is 30.0 Å². The van der Waals surface area contributed by atoms with Crippen molar-refractivity contribution in [3.8, 4) is 0 Å². The molecule has 1 aliphatic rings. The Labute approximate surface area is 107 Å². The summed E-state index contributed by atoms with van der Waals surface area (Å²) in [7, 11) is 0. The molecule has 0 amide bonds. The van der Waals surface area contributed by atoms with Crippen molar-refractivity contribution in [2.45, 2.75) is 39.2 Å². The standard InChI is InChI=1S/C13H20N4O/c1-3-11-5-4-6-17(11)12-8-10(13(14)16-18)7-9(2)15-12/h7-8,11,18H,3-6H2,1-2H3,(H2,14,16). The van der Waals surface area contributed by atoms with Gasteiger partial charge in [-0.1, -0.05) is 12.1 Å². The molecule has 18 heavy (non-hydrogen) atoms. The first-order chi connectivity index (χ1) is 8.65. The summed E-state index contributed by atoms with van der Waals surface area (Å²) in [6.07, 6.45) is 3.53. The first-order valence-electron chi connectivity index (χ1n) is 6.39. The normalized spacial score (nSPS) is 20.4. The summed E-state index contributed by atoms with van der Waals surface area (Å²) in [5, 5.41) is 11.8. The van der Waals surface area contributed by atoms with Gasteiger partial charge in [-0.2, -0.15) is 0 Å². The van der Waals surface area contributed by atoms with Gasteiger partial charge in [0.15, 0.2) is 5.84 Å². The van der Waals surface area contributed by atoms with Gasteiger partial charge in [-0.05, 0) is 38.3 Å². The van der Waals surface area contributed by atoms with E-state index in [0.29, 0.717) is 6.04 Å². The molecule has 3 N–H and O–H groups in total. The number of hydrogen-bond donors (Lipinski definition) is 2. The van der Waals surface area contributed by atoms with Crippen LogP contribution < -0.4 is 10.6 Å². The van der Waals surface area contributed by atoms with Crippen molar-refractivity contribution >= 4 is 11.7 Å². The molecule has 1 aromatic rings. The third-order valence-electron chi connectivity index (χ3n) is 3.49. The second kappa shape index (κ2) is 5.25. The van der Waals surface area contributed by atoms with Gasteiger partial charge >= 0.3 is 0 Å². The summed E-state index contributed by atoms with van der Waals surface area (Å²) in [5.74, 6) is 1.06. The van der Waals surface area contributed by atoms with E-state index in [1.54, 1.807) is 0 Å². The molecule has 0 radical (unpaired) electrons. The molecule has 2 rings (SSSR count). The van der Waals surface area contributed by atoms with Gasteiger partial charge in [0.25, 0.3) is 0 Å². The molecule has 1 atom stereocenters. The number of rotatable bonds is 3. The zero-order valence-electron chi connectivity index (χ0n) is 10.9. The number of nitrogens with zero attached hydrogens (tertiary/aromatic N) is 3. The van der Waals surface area contributed by atoms with Gasteiger partial charge in [-0.3, -0.25) is 0 Å². The monoisotopic (exact) mass is 248 g/mol. The highest BCUT2D eigenvalue weighted by molar-refractivity contribution is 5.97. The highest BCUT2D eigenvalue weighted by atomic mass is 16.4. The lowest BCUT2D eigenvalue weighted by atomic mass is 10.1. The predicted molar refractivity (Wildman–Crippen MR) is 72.1 cm³/mol. The van der Waals surface area contributed by atoms with E-state index in [4.69, 9.17) is 10.9 Å². The molecular weight excluding hydrogens is 228 g/mol. The third-order valence-corrected chi connectivity index (χ3v) is 3.49. The molecule has 1 unspecified atom stereocenters. The van der Waals surface area contributed by atoms with Gasteiger partial charge in [0, 0.05) is 23.8 Å². The molecular formula is C13H20N4O. The van der Waals surface area contributed by atoms with Crippen LogP contribution in [-0.2, 0) is 0 Å². The van der Waals surface area contributed by atoms with Crippen LogP contribution in [0.5, 0.6) is 0 Å². The van der Waals surface area contributed by atoms with Crippen molar-refractivity contribution in [1.29, 1.82) is 0 Å². The molecule has 1 fully saturated rings. The molecule has 1 aromatic heterocycles. The minimum atomic E-state index is 0.133. The molecule has 0 aromatic carbocycles. The number of anilines is 1. The van der Waals surface area contributed by atoms with Gasteiger partial charge in [-0.25, -0.2) is 4.98 Å². The topological polar surface area (TPSA) is 74.7 Å². The number of aromatic nitrogens is 1. The zero-order chi connectivity index (χ0) is 13.1. The molecule has 1 aliphatic heterocycles. The molecule has 5 heteroatoms. The fourth-order valence-electron chi connectivity index (χ4n) is 2.57. The molecule has 1 saturated heterocycles. The van der Waals surface area contributed by atoms with Crippen LogP contribution >= 0.6 is 0 Å².